The van der Waals surface area contributed by atoms with Gasteiger partial charge in [-0.25, -0.2) is 0 Å². The maximum Gasteiger partial charge on any atom is 0.224 e. The average molecular weight is 331 g/mol. The Hall–Kier alpha value is -1.65. The van der Waals surface area contributed by atoms with Gasteiger partial charge >= 0.3 is 0 Å². The van der Waals surface area contributed by atoms with Gasteiger partial charge in [0.1, 0.15) is 6.23 Å². The maximum absolute atomic E-state index is 12.5. The largest absolute Gasteiger partial charge is 0.353 e. The lowest BCUT2D eigenvalue weighted by Gasteiger charge is -2.35. The van der Waals surface area contributed by atoms with Crippen LogP contribution in [-0.4, -0.2) is 36.5 Å². The van der Waals surface area contributed by atoms with E-state index in [4.69, 9.17) is 9.47 Å². The van der Waals surface area contributed by atoms with Crippen molar-refractivity contribution < 1.29 is 14.3 Å². The molecule has 1 aromatic rings. The molecule has 1 fully saturated rings. The highest BCUT2D eigenvalue weighted by Gasteiger charge is 2.27. The highest BCUT2D eigenvalue weighted by molar-refractivity contribution is 5.76. The van der Waals surface area contributed by atoms with E-state index >= 15 is 0 Å². The molecule has 1 heterocycles. The van der Waals surface area contributed by atoms with Crippen LogP contribution in [0.15, 0.2) is 42.5 Å². The predicted molar refractivity (Wildman–Crippen MR) is 95.4 cm³/mol. The van der Waals surface area contributed by atoms with Crippen LogP contribution in [0.2, 0.25) is 0 Å². The number of benzene rings is 1. The highest BCUT2D eigenvalue weighted by Crippen LogP contribution is 2.20. The maximum atomic E-state index is 12.5. The lowest BCUT2D eigenvalue weighted by Crippen LogP contribution is -2.45. The number of nitrogens with zero attached hydrogens (tertiary/aromatic N) is 1. The third-order valence-electron chi connectivity index (χ3n) is 4.21. The van der Waals surface area contributed by atoms with Gasteiger partial charge in [-0.05, 0) is 31.7 Å². The summed E-state index contributed by atoms with van der Waals surface area (Å²) in [5.41, 5.74) is 1.16. The zero-order valence-corrected chi connectivity index (χ0v) is 14.8. The Bertz CT molecular complexity index is 509. The van der Waals surface area contributed by atoms with Crippen LogP contribution in [0.3, 0.4) is 0 Å². The van der Waals surface area contributed by atoms with Crippen molar-refractivity contribution in [1.29, 1.82) is 0 Å². The summed E-state index contributed by atoms with van der Waals surface area (Å²) in [5, 5.41) is 0. The van der Waals surface area contributed by atoms with Crippen molar-refractivity contribution in [2.24, 2.45) is 0 Å². The molecule has 4 heteroatoms. The van der Waals surface area contributed by atoms with Crippen molar-refractivity contribution in [2.75, 3.05) is 13.2 Å². The number of carbonyl (C=O) groups excluding carboxylic acids is 1. The standard InChI is InChI=1S/C20H29NO3/c1-3-5-14-21(18(22)4-2)19(16-17-11-7-6-8-12-17)24-20-13-9-10-15-23-20/h3,5-8,11-12,19-20H,4,9-10,13-16H2,1-2H3/b5-3+/t19-,20?/m1/s1. The summed E-state index contributed by atoms with van der Waals surface area (Å²) in [4.78, 5) is 14.3. The van der Waals surface area contributed by atoms with Gasteiger partial charge in [0.25, 0.3) is 0 Å². The van der Waals surface area contributed by atoms with E-state index in [0.29, 0.717) is 19.4 Å². The quantitative estimate of drug-likeness (QED) is 0.535. The first-order chi connectivity index (χ1) is 11.7. The second-order valence-corrected chi connectivity index (χ2v) is 6.05. The second kappa shape index (κ2) is 10.3. The number of ether oxygens (including phenoxy) is 2. The normalized spacial score (nSPS) is 19.3. The summed E-state index contributed by atoms with van der Waals surface area (Å²) < 4.78 is 12.0. The molecular weight excluding hydrogens is 302 g/mol. The smallest absolute Gasteiger partial charge is 0.224 e. The monoisotopic (exact) mass is 331 g/mol. The van der Waals surface area contributed by atoms with Crippen molar-refractivity contribution in [3.63, 3.8) is 0 Å². The van der Waals surface area contributed by atoms with E-state index in [-0.39, 0.29) is 18.4 Å². The summed E-state index contributed by atoms with van der Waals surface area (Å²) in [6, 6.07) is 10.2. The Morgan fingerprint density at radius 3 is 2.79 bits per heavy atom. The fraction of sp³-hybridized carbons (Fsp3) is 0.550. The molecule has 0 radical (unpaired) electrons. The highest BCUT2D eigenvalue weighted by atomic mass is 16.7. The molecule has 1 aromatic carbocycles. The Morgan fingerprint density at radius 2 is 2.17 bits per heavy atom. The second-order valence-electron chi connectivity index (χ2n) is 6.05. The Kier molecular flexibility index (Phi) is 7.99. The van der Waals surface area contributed by atoms with Gasteiger partial charge in [-0.15, -0.1) is 0 Å². The molecule has 0 bridgehead atoms. The molecule has 1 aliphatic rings. The fourth-order valence-electron chi connectivity index (χ4n) is 2.84. The number of hydrogen-bond donors (Lipinski definition) is 0. The third-order valence-corrected chi connectivity index (χ3v) is 4.21. The first-order valence-electron chi connectivity index (χ1n) is 8.96. The van der Waals surface area contributed by atoms with Gasteiger partial charge in [0.15, 0.2) is 6.29 Å². The van der Waals surface area contributed by atoms with Gasteiger partial charge in [-0.1, -0.05) is 49.4 Å². The molecule has 0 N–H and O–H groups in total. The molecule has 0 aliphatic carbocycles. The van der Waals surface area contributed by atoms with Crippen molar-refractivity contribution >= 4 is 5.91 Å². The van der Waals surface area contributed by atoms with Crippen LogP contribution >= 0.6 is 0 Å². The molecule has 0 saturated carbocycles. The number of carbonyl (C=O) groups is 1. The molecule has 1 aliphatic heterocycles. The van der Waals surface area contributed by atoms with Crippen molar-refractivity contribution in [2.45, 2.75) is 58.5 Å². The molecule has 2 atom stereocenters. The summed E-state index contributed by atoms with van der Waals surface area (Å²) >= 11 is 0. The summed E-state index contributed by atoms with van der Waals surface area (Å²) in [7, 11) is 0. The lowest BCUT2D eigenvalue weighted by molar-refractivity contribution is -0.218. The van der Waals surface area contributed by atoms with Gasteiger partial charge in [0.05, 0.1) is 0 Å². The SMILES string of the molecule is C/C=C/CN(C(=O)CC)[C@@H](Cc1ccccc1)OC1CCCCO1. The molecule has 4 nitrogen and oxygen atoms in total. The van der Waals surface area contributed by atoms with Crippen LogP contribution in [0.5, 0.6) is 0 Å². The molecule has 2 rings (SSSR count). The number of amides is 1. The van der Waals surface area contributed by atoms with Gasteiger partial charge < -0.3 is 14.4 Å². The van der Waals surface area contributed by atoms with E-state index in [1.807, 2.05) is 49.1 Å². The number of rotatable bonds is 8. The minimum Gasteiger partial charge on any atom is -0.353 e. The van der Waals surface area contributed by atoms with Crippen LogP contribution in [0.1, 0.15) is 45.1 Å². The van der Waals surface area contributed by atoms with E-state index < -0.39 is 0 Å². The zero-order chi connectivity index (χ0) is 17.2. The van der Waals surface area contributed by atoms with Gasteiger partial charge in [-0.3, -0.25) is 4.79 Å². The van der Waals surface area contributed by atoms with E-state index in [1.54, 1.807) is 0 Å². The molecular formula is C20H29NO3. The predicted octanol–water partition coefficient (Wildman–Crippen LogP) is 3.91. The Morgan fingerprint density at radius 1 is 1.38 bits per heavy atom. The molecule has 1 unspecified atom stereocenters. The molecule has 0 spiro atoms. The first-order valence-corrected chi connectivity index (χ1v) is 8.96. The zero-order valence-electron chi connectivity index (χ0n) is 14.8. The number of allylic oxidation sites excluding steroid dienone is 1. The summed E-state index contributed by atoms with van der Waals surface area (Å²) in [6.45, 7) is 5.15. The van der Waals surface area contributed by atoms with Crippen LogP contribution in [0.4, 0.5) is 0 Å². The van der Waals surface area contributed by atoms with Crippen LogP contribution in [0, 0.1) is 0 Å². The van der Waals surface area contributed by atoms with Crippen LogP contribution in [0.25, 0.3) is 0 Å². The van der Waals surface area contributed by atoms with Crippen molar-refractivity contribution in [3.8, 4) is 0 Å². The van der Waals surface area contributed by atoms with E-state index in [1.165, 1.54) is 0 Å². The third kappa shape index (κ3) is 5.77. The van der Waals surface area contributed by atoms with E-state index in [0.717, 1.165) is 31.4 Å². The van der Waals surface area contributed by atoms with Gasteiger partial charge in [-0.2, -0.15) is 0 Å². The topological polar surface area (TPSA) is 38.8 Å². The van der Waals surface area contributed by atoms with Crippen molar-refractivity contribution in [1.82, 2.24) is 4.90 Å². The average Bonchev–Trinajstić information content (AvgIpc) is 2.63. The minimum absolute atomic E-state index is 0.102. The summed E-state index contributed by atoms with van der Waals surface area (Å²) in [6.07, 6.45) is 7.66. The molecule has 1 amide bonds. The molecule has 132 valence electrons. The minimum atomic E-state index is -0.306. The van der Waals surface area contributed by atoms with Gasteiger partial charge in [0.2, 0.25) is 5.91 Å². The van der Waals surface area contributed by atoms with E-state index in [2.05, 4.69) is 12.1 Å². The Labute approximate surface area is 145 Å². The van der Waals surface area contributed by atoms with Crippen LogP contribution < -0.4 is 0 Å². The molecule has 0 aromatic heterocycles. The lowest BCUT2D eigenvalue weighted by atomic mass is 10.1. The van der Waals surface area contributed by atoms with E-state index in [9.17, 15) is 4.79 Å². The van der Waals surface area contributed by atoms with Gasteiger partial charge in [0, 0.05) is 26.0 Å². The molecule has 24 heavy (non-hydrogen) atoms. The van der Waals surface area contributed by atoms with Crippen molar-refractivity contribution in [3.05, 3.63) is 48.0 Å². The Balaban J connectivity index is 2.15. The summed E-state index contributed by atoms with van der Waals surface area (Å²) in [5.74, 6) is 0.102. The van der Waals surface area contributed by atoms with Crippen LogP contribution in [-0.2, 0) is 20.7 Å². The first kappa shape index (κ1) is 18.7. The molecule has 1 saturated heterocycles. The number of hydrogen-bond acceptors (Lipinski definition) is 3. The fourth-order valence-corrected chi connectivity index (χ4v) is 2.84.